The van der Waals surface area contributed by atoms with Crippen molar-refractivity contribution in [3.63, 3.8) is 0 Å². The Kier molecular flexibility index (Phi) is 15.6. The Morgan fingerprint density at radius 2 is 0.508 bits per heavy atom. The molecule has 0 bridgehead atoms. The van der Waals surface area contributed by atoms with E-state index in [4.69, 9.17) is 19.9 Å². The summed E-state index contributed by atoms with van der Waals surface area (Å²) in [5.41, 5.74) is 32.9. The Morgan fingerprint density at radius 3 is 1.06 bits per heavy atom. The fourth-order valence-corrected chi connectivity index (χ4v) is 22.2. The molecule has 548 valence electrons. The van der Waals surface area contributed by atoms with Crippen molar-refractivity contribution in [3.8, 4) is 135 Å². The quantitative estimate of drug-likeness (QED) is 0.136. The van der Waals surface area contributed by atoms with Crippen LogP contribution in [0.5, 0.6) is 0 Å². The minimum absolute atomic E-state index is 0.508. The lowest BCUT2D eigenvalue weighted by atomic mass is 9.66. The molecule has 2 aromatic heterocycles. The number of aromatic nitrogens is 4. The Morgan fingerprint density at radius 1 is 0.169 bits per heavy atom. The maximum Gasteiger partial charge on any atom is 0.160 e. The summed E-state index contributed by atoms with van der Waals surface area (Å²) in [6, 6.07) is 152. The lowest BCUT2D eigenvalue weighted by Crippen LogP contribution is -2.32. The lowest BCUT2D eigenvalue weighted by Gasteiger charge is -2.40. The predicted molar refractivity (Wildman–Crippen MR) is 487 cm³/mol. The van der Waals surface area contributed by atoms with Gasteiger partial charge in [-0.2, -0.15) is 0 Å². The van der Waals surface area contributed by atoms with Gasteiger partial charge in [0.2, 0.25) is 0 Å². The summed E-state index contributed by atoms with van der Waals surface area (Å²) in [6.45, 7) is 0. The van der Waals surface area contributed by atoms with Crippen LogP contribution in [0, 0.1) is 0 Å². The van der Waals surface area contributed by atoms with E-state index in [-0.39, 0.29) is 0 Å². The first kappa shape index (κ1) is 68.0. The molecule has 0 amide bonds. The first-order valence-corrected chi connectivity index (χ1v) is 42.0. The number of nitrogens with zero attached hydrogens (tertiary/aromatic N) is 4. The van der Waals surface area contributed by atoms with Gasteiger partial charge in [0.05, 0.1) is 33.6 Å². The van der Waals surface area contributed by atoms with Crippen molar-refractivity contribution in [1.29, 1.82) is 0 Å². The van der Waals surface area contributed by atoms with Crippen LogP contribution in [0.25, 0.3) is 167 Å². The van der Waals surface area contributed by atoms with Crippen LogP contribution in [-0.2, 0) is 10.8 Å². The summed E-state index contributed by atoms with van der Waals surface area (Å²) in [5, 5.41) is 7.41. The van der Waals surface area contributed by atoms with Gasteiger partial charge >= 0.3 is 0 Å². The Balaban J connectivity index is 0.575. The third-order valence-electron chi connectivity index (χ3n) is 25.1. The molecule has 4 nitrogen and oxygen atoms in total. The van der Waals surface area contributed by atoms with Crippen molar-refractivity contribution < 1.29 is 0 Å². The summed E-state index contributed by atoms with van der Waals surface area (Å²) in [6.07, 6.45) is 0. The van der Waals surface area contributed by atoms with E-state index < -0.39 is 10.8 Å². The highest BCUT2D eigenvalue weighted by atomic mass is 32.2. The molecule has 118 heavy (non-hydrogen) atoms. The zero-order chi connectivity index (χ0) is 77.6. The van der Waals surface area contributed by atoms with Gasteiger partial charge in [0.1, 0.15) is 0 Å². The van der Waals surface area contributed by atoms with E-state index in [0.29, 0.717) is 11.6 Å². The van der Waals surface area contributed by atoms with Crippen molar-refractivity contribution in [2.24, 2.45) is 0 Å². The smallest absolute Gasteiger partial charge is 0.160 e. The molecule has 0 saturated carbocycles. The van der Waals surface area contributed by atoms with Gasteiger partial charge < -0.3 is 0 Å². The predicted octanol–water partition coefficient (Wildman–Crippen LogP) is 29.1. The number of hydrogen-bond acceptors (Lipinski definition) is 6. The van der Waals surface area contributed by atoms with Crippen LogP contribution in [-0.4, -0.2) is 19.9 Å². The maximum absolute atomic E-state index is 5.50. The van der Waals surface area contributed by atoms with Crippen molar-refractivity contribution in [2.45, 2.75) is 30.4 Å². The third-order valence-corrected chi connectivity index (χ3v) is 27.5. The van der Waals surface area contributed by atoms with Crippen LogP contribution in [0.1, 0.15) is 44.5 Å². The van der Waals surface area contributed by atoms with Gasteiger partial charge in [0, 0.05) is 53.0 Å². The van der Waals surface area contributed by atoms with E-state index >= 15 is 0 Å². The SMILES string of the molecule is c1ccc(-c2cc(-c3ccc(-c4cccc5c6c(ccc45)C4(c5cc(-c7nc(-c8ccccc8)cc(-c8ccc(-c9ccc%10ccccc%10c9)cc8)n7)ccc5S6)c5ccccc5-c5ccccc54)cc3)nc(-c3cccc(-c4cccc(-c5ccc6c(c5)C5(c7ccccc7-c7ccccc75)c5ccc7ccccc7c5S6)c4)c3)n2)cc1. The summed E-state index contributed by atoms with van der Waals surface area (Å²) >= 11 is 3.78. The van der Waals surface area contributed by atoms with Gasteiger partial charge in [-0.05, 0) is 198 Å². The van der Waals surface area contributed by atoms with E-state index in [1.807, 2.05) is 23.5 Å². The first-order chi connectivity index (χ1) is 58.4. The Bertz CT molecular complexity index is 7470. The van der Waals surface area contributed by atoms with Gasteiger partial charge in [0.15, 0.2) is 11.6 Å². The largest absolute Gasteiger partial charge is 0.228 e. The molecule has 0 fully saturated rings. The van der Waals surface area contributed by atoms with E-state index in [9.17, 15) is 0 Å². The molecule has 18 aromatic carbocycles. The highest BCUT2D eigenvalue weighted by Crippen LogP contribution is 2.66. The molecule has 2 aliphatic heterocycles. The van der Waals surface area contributed by atoms with E-state index in [0.717, 1.165) is 89.5 Å². The molecule has 24 rings (SSSR count). The molecule has 2 aliphatic carbocycles. The molecule has 0 atom stereocenters. The number of fused-ring (bicyclic) bond motifs is 23. The molecule has 0 saturated heterocycles. The van der Waals surface area contributed by atoms with E-state index in [1.54, 1.807) is 0 Å². The summed E-state index contributed by atoms with van der Waals surface area (Å²) in [7, 11) is 0. The number of hydrogen-bond donors (Lipinski definition) is 0. The highest BCUT2D eigenvalue weighted by molar-refractivity contribution is 8.00. The molecule has 2 spiro atoms. The van der Waals surface area contributed by atoms with Gasteiger partial charge in [-0.15, -0.1) is 0 Å². The zero-order valence-corrected chi connectivity index (χ0v) is 65.5. The van der Waals surface area contributed by atoms with Gasteiger partial charge in [-0.25, -0.2) is 19.9 Å². The van der Waals surface area contributed by atoms with Gasteiger partial charge in [-0.3, -0.25) is 0 Å². The topological polar surface area (TPSA) is 51.6 Å². The minimum atomic E-state index is -0.666. The first-order valence-electron chi connectivity index (χ1n) is 40.4. The van der Waals surface area contributed by atoms with Crippen LogP contribution in [0.4, 0.5) is 0 Å². The molecular weight excluding hydrogens is 1470 g/mol. The van der Waals surface area contributed by atoms with Crippen molar-refractivity contribution in [3.05, 3.63) is 457 Å². The van der Waals surface area contributed by atoms with Crippen molar-refractivity contribution in [1.82, 2.24) is 19.9 Å². The molecular formula is C112H68N4S2. The minimum Gasteiger partial charge on any atom is -0.228 e. The van der Waals surface area contributed by atoms with Crippen LogP contribution in [0.2, 0.25) is 0 Å². The zero-order valence-electron chi connectivity index (χ0n) is 63.9. The second kappa shape index (κ2) is 27.1. The second-order valence-electron chi connectivity index (χ2n) is 31.3. The van der Waals surface area contributed by atoms with Crippen LogP contribution in [0.3, 0.4) is 0 Å². The Hall–Kier alpha value is -14.4. The van der Waals surface area contributed by atoms with Crippen LogP contribution >= 0.6 is 23.5 Å². The fourth-order valence-electron chi connectivity index (χ4n) is 19.6. The van der Waals surface area contributed by atoms with Crippen LogP contribution < -0.4 is 0 Å². The maximum atomic E-state index is 5.50. The van der Waals surface area contributed by atoms with Gasteiger partial charge in [0.25, 0.3) is 0 Å². The van der Waals surface area contributed by atoms with Crippen molar-refractivity contribution in [2.75, 3.05) is 0 Å². The molecule has 4 aliphatic rings. The molecule has 4 heterocycles. The summed E-state index contributed by atoms with van der Waals surface area (Å²) in [5.74, 6) is 1.34. The molecule has 0 radical (unpaired) electrons. The van der Waals surface area contributed by atoms with Gasteiger partial charge in [-0.1, -0.05) is 381 Å². The van der Waals surface area contributed by atoms with E-state index in [1.165, 1.54) is 130 Å². The lowest BCUT2D eigenvalue weighted by molar-refractivity contribution is 0.726. The number of benzene rings is 18. The molecule has 0 unspecified atom stereocenters. The normalized spacial score (nSPS) is 13.3. The van der Waals surface area contributed by atoms with Crippen molar-refractivity contribution >= 4 is 55.8 Å². The molecule has 0 N–H and O–H groups in total. The molecule has 6 heteroatoms. The standard InChI is InChI=1S/C112H68N4S2/c1-3-24-73(25-4-1)101-67-104(115-109(113-101)83-32-20-31-80(64-83)78-29-19-30-79(63-78)82-55-60-105-99(65-82)111(97-58-54-71-23-9-10-33-86(71)107(97)117-105)93-40-15-11-34-88(93)89-35-12-16-41-94(89)111)76-51-47-72(48-52-76)85-38-21-39-92-87(85)57-59-98-108(92)118-106-61-56-84(66-100(106)112(98)95-42-17-13-36-90(95)91-37-14-18-43-96(91)112)110-114-102(74-26-5-2-6-27-74)68-103(116-110)75-49-44-70(45-50-75)81-53-46-69-22-7-8-28-77(69)62-81/h1-68H. The third kappa shape index (κ3) is 10.7. The Labute approximate surface area is 692 Å². The number of rotatable bonds is 10. The summed E-state index contributed by atoms with van der Waals surface area (Å²) < 4.78 is 0. The van der Waals surface area contributed by atoms with Crippen LogP contribution in [0.15, 0.2) is 432 Å². The molecule has 20 aromatic rings. The average Bonchev–Trinajstić information content (AvgIpc) is 1.49. The summed E-state index contributed by atoms with van der Waals surface area (Å²) in [4.78, 5) is 26.9. The van der Waals surface area contributed by atoms with E-state index in [2.05, 4.69) is 413 Å². The highest BCUT2D eigenvalue weighted by Gasteiger charge is 2.52. The average molecular weight is 1530 g/mol. The second-order valence-corrected chi connectivity index (χ2v) is 33.5. The fraction of sp³-hybridized carbons (Fsp3) is 0.0179. The monoisotopic (exact) mass is 1530 g/mol.